The van der Waals surface area contributed by atoms with Crippen molar-refractivity contribution in [3.8, 4) is 0 Å². The average molecular weight is 488 g/mol. The van der Waals surface area contributed by atoms with Gasteiger partial charge in [-0.2, -0.15) is 4.31 Å². The van der Waals surface area contributed by atoms with E-state index in [2.05, 4.69) is 5.32 Å². The van der Waals surface area contributed by atoms with Gasteiger partial charge in [-0.05, 0) is 100 Å². The SMILES string of the molecule is Cc1ccc(S(=O)(=O)N2CCN(C(=O)C(C)NC(=O)C34CC5CC(CC(C5)C3)C4)CC2)cc1C. The summed E-state index contributed by atoms with van der Waals surface area (Å²) in [5.74, 6) is 1.96. The second-order valence-electron chi connectivity index (χ2n) is 11.4. The molecular formula is C26H37N3O4S. The van der Waals surface area contributed by atoms with Crippen molar-refractivity contribution in [2.45, 2.75) is 70.2 Å². The van der Waals surface area contributed by atoms with Crippen molar-refractivity contribution in [3.63, 3.8) is 0 Å². The van der Waals surface area contributed by atoms with Crippen LogP contribution >= 0.6 is 0 Å². The molecule has 1 aromatic carbocycles. The van der Waals surface area contributed by atoms with E-state index in [1.165, 1.54) is 23.6 Å². The lowest BCUT2D eigenvalue weighted by molar-refractivity contribution is -0.149. The molecule has 0 radical (unpaired) electrons. The standard InChI is InChI=1S/C26H37N3O4S/c1-17-4-5-23(10-18(17)2)34(32,33)29-8-6-28(7-9-29)24(30)19(3)27-25(31)26-14-20-11-21(15-26)13-22(12-20)16-26/h4-5,10,19-22H,6-9,11-16H2,1-3H3,(H,27,31). The van der Waals surface area contributed by atoms with E-state index < -0.39 is 16.1 Å². The molecule has 4 bridgehead atoms. The quantitative estimate of drug-likeness (QED) is 0.692. The number of aryl methyl sites for hydroxylation is 2. The number of rotatable bonds is 5. The van der Waals surface area contributed by atoms with Crippen molar-refractivity contribution in [2.75, 3.05) is 26.2 Å². The fraction of sp³-hybridized carbons (Fsp3) is 0.692. The average Bonchev–Trinajstić information content (AvgIpc) is 2.79. The van der Waals surface area contributed by atoms with E-state index in [0.29, 0.717) is 35.7 Å². The molecular weight excluding hydrogens is 450 g/mol. The van der Waals surface area contributed by atoms with Gasteiger partial charge < -0.3 is 10.2 Å². The van der Waals surface area contributed by atoms with Gasteiger partial charge in [0.25, 0.3) is 0 Å². The topological polar surface area (TPSA) is 86.8 Å². The molecule has 186 valence electrons. The monoisotopic (exact) mass is 487 g/mol. The summed E-state index contributed by atoms with van der Waals surface area (Å²) in [6, 6.07) is 4.60. The maximum absolute atomic E-state index is 13.3. The molecule has 5 aliphatic rings. The Labute approximate surface area is 203 Å². The Hall–Kier alpha value is -1.93. The van der Waals surface area contributed by atoms with Crippen LogP contribution in [0.15, 0.2) is 23.1 Å². The minimum Gasteiger partial charge on any atom is -0.344 e. The molecule has 0 spiro atoms. The van der Waals surface area contributed by atoms with Crippen LogP contribution in [0.2, 0.25) is 0 Å². The largest absolute Gasteiger partial charge is 0.344 e. The van der Waals surface area contributed by atoms with E-state index >= 15 is 0 Å². The fourth-order valence-corrected chi connectivity index (χ4v) is 8.75. The maximum atomic E-state index is 13.3. The first kappa shape index (κ1) is 23.8. The van der Waals surface area contributed by atoms with E-state index in [0.717, 1.165) is 30.4 Å². The van der Waals surface area contributed by atoms with Crippen LogP contribution in [0.3, 0.4) is 0 Å². The Kier molecular flexibility index (Phi) is 6.04. The molecule has 6 rings (SSSR count). The van der Waals surface area contributed by atoms with Gasteiger partial charge in [0, 0.05) is 31.6 Å². The molecule has 7 nitrogen and oxygen atoms in total. The van der Waals surface area contributed by atoms with Crippen LogP contribution in [0.4, 0.5) is 0 Å². The lowest BCUT2D eigenvalue weighted by atomic mass is 9.49. The van der Waals surface area contributed by atoms with E-state index in [9.17, 15) is 18.0 Å². The predicted molar refractivity (Wildman–Crippen MR) is 129 cm³/mol. The van der Waals surface area contributed by atoms with Crippen molar-refractivity contribution < 1.29 is 18.0 Å². The number of benzene rings is 1. The van der Waals surface area contributed by atoms with E-state index in [1.807, 2.05) is 19.9 Å². The van der Waals surface area contributed by atoms with Crippen molar-refractivity contribution in [3.05, 3.63) is 29.3 Å². The highest BCUT2D eigenvalue weighted by Gasteiger charge is 2.54. The molecule has 1 saturated heterocycles. The molecule has 2 amide bonds. The van der Waals surface area contributed by atoms with Gasteiger partial charge in [0.2, 0.25) is 21.8 Å². The van der Waals surface area contributed by atoms with Gasteiger partial charge in [-0.3, -0.25) is 9.59 Å². The molecule has 1 aliphatic heterocycles. The smallest absolute Gasteiger partial charge is 0.244 e. The lowest BCUT2D eigenvalue weighted by Gasteiger charge is -2.55. The van der Waals surface area contributed by atoms with Crippen LogP contribution in [0.1, 0.15) is 56.6 Å². The number of sulfonamides is 1. The molecule has 4 saturated carbocycles. The van der Waals surface area contributed by atoms with Gasteiger partial charge in [0.15, 0.2) is 0 Å². The number of carbonyl (C=O) groups excluding carboxylic acids is 2. The number of nitrogens with one attached hydrogen (secondary N) is 1. The van der Waals surface area contributed by atoms with Crippen LogP contribution < -0.4 is 5.32 Å². The van der Waals surface area contributed by atoms with Gasteiger partial charge in [-0.25, -0.2) is 8.42 Å². The minimum absolute atomic E-state index is 0.0587. The second kappa shape index (κ2) is 8.63. The summed E-state index contributed by atoms with van der Waals surface area (Å²) < 4.78 is 27.6. The number of amides is 2. The second-order valence-corrected chi connectivity index (χ2v) is 13.3. The zero-order chi connectivity index (χ0) is 24.3. The van der Waals surface area contributed by atoms with Gasteiger partial charge in [0.1, 0.15) is 6.04 Å². The zero-order valence-corrected chi connectivity index (χ0v) is 21.4. The van der Waals surface area contributed by atoms with Gasteiger partial charge in [0.05, 0.1) is 4.90 Å². The zero-order valence-electron chi connectivity index (χ0n) is 20.5. The molecule has 1 N–H and O–H groups in total. The number of hydrogen-bond donors (Lipinski definition) is 1. The molecule has 1 unspecified atom stereocenters. The summed E-state index contributed by atoms with van der Waals surface area (Å²) in [5, 5.41) is 3.05. The fourth-order valence-electron chi connectivity index (χ4n) is 7.25. The van der Waals surface area contributed by atoms with Crippen LogP contribution in [0.5, 0.6) is 0 Å². The molecule has 1 atom stereocenters. The van der Waals surface area contributed by atoms with Crippen LogP contribution in [0, 0.1) is 37.0 Å². The molecule has 1 heterocycles. The highest BCUT2D eigenvalue weighted by atomic mass is 32.2. The first-order chi connectivity index (χ1) is 16.1. The van der Waals surface area contributed by atoms with E-state index in [1.54, 1.807) is 24.0 Å². The molecule has 4 aliphatic carbocycles. The highest BCUT2D eigenvalue weighted by molar-refractivity contribution is 7.89. The summed E-state index contributed by atoms with van der Waals surface area (Å²) in [6.45, 7) is 6.82. The molecule has 5 fully saturated rings. The Bertz CT molecular complexity index is 1060. The van der Waals surface area contributed by atoms with Crippen molar-refractivity contribution in [1.29, 1.82) is 0 Å². The molecule has 34 heavy (non-hydrogen) atoms. The number of carbonyl (C=O) groups is 2. The van der Waals surface area contributed by atoms with Gasteiger partial charge in [-0.15, -0.1) is 0 Å². The van der Waals surface area contributed by atoms with E-state index in [-0.39, 0.29) is 30.3 Å². The van der Waals surface area contributed by atoms with Crippen molar-refractivity contribution in [1.82, 2.24) is 14.5 Å². The summed E-state index contributed by atoms with van der Waals surface area (Å²) in [7, 11) is -3.59. The first-order valence-electron chi connectivity index (χ1n) is 12.7. The molecule has 8 heteroatoms. The highest BCUT2D eigenvalue weighted by Crippen LogP contribution is 2.60. The third-order valence-electron chi connectivity index (χ3n) is 8.90. The third kappa shape index (κ3) is 4.17. The Morgan fingerprint density at radius 1 is 0.941 bits per heavy atom. The number of hydrogen-bond acceptors (Lipinski definition) is 4. The Balaban J connectivity index is 1.18. The number of nitrogens with zero attached hydrogens (tertiary/aromatic N) is 2. The van der Waals surface area contributed by atoms with Crippen molar-refractivity contribution in [2.24, 2.45) is 23.2 Å². The lowest BCUT2D eigenvalue weighted by Crippen LogP contribution is -2.58. The third-order valence-corrected chi connectivity index (χ3v) is 10.8. The summed E-state index contributed by atoms with van der Waals surface area (Å²) in [6.07, 6.45) is 6.74. The number of piperazine rings is 1. The summed E-state index contributed by atoms with van der Waals surface area (Å²) in [5.41, 5.74) is 1.72. The Morgan fingerprint density at radius 3 is 2.03 bits per heavy atom. The van der Waals surface area contributed by atoms with Crippen molar-refractivity contribution >= 4 is 21.8 Å². The maximum Gasteiger partial charge on any atom is 0.244 e. The first-order valence-corrected chi connectivity index (χ1v) is 14.2. The Morgan fingerprint density at radius 2 is 1.50 bits per heavy atom. The predicted octanol–water partition coefficient (Wildman–Crippen LogP) is 2.86. The summed E-state index contributed by atoms with van der Waals surface area (Å²) >= 11 is 0. The summed E-state index contributed by atoms with van der Waals surface area (Å²) in [4.78, 5) is 28.4. The van der Waals surface area contributed by atoms with Crippen LogP contribution in [-0.4, -0.2) is 61.7 Å². The molecule has 1 aromatic rings. The van der Waals surface area contributed by atoms with Crippen LogP contribution in [0.25, 0.3) is 0 Å². The normalized spacial score (nSPS) is 32.0. The minimum atomic E-state index is -3.59. The van der Waals surface area contributed by atoms with Gasteiger partial charge in [-0.1, -0.05) is 6.07 Å². The van der Waals surface area contributed by atoms with Gasteiger partial charge >= 0.3 is 0 Å². The molecule has 0 aromatic heterocycles. The van der Waals surface area contributed by atoms with E-state index in [4.69, 9.17) is 0 Å². The van der Waals surface area contributed by atoms with Crippen LogP contribution in [-0.2, 0) is 19.6 Å².